The molecular formula is C18H16BrN3. The Hall–Kier alpha value is -1.94. The van der Waals surface area contributed by atoms with Crippen LogP contribution in [0.25, 0.3) is 22.3 Å². The fourth-order valence-electron chi connectivity index (χ4n) is 2.94. The molecule has 0 amide bonds. The van der Waals surface area contributed by atoms with E-state index in [1.807, 2.05) is 24.3 Å². The maximum absolute atomic E-state index is 4.91. The average Bonchev–Trinajstić information content (AvgIpc) is 3.09. The summed E-state index contributed by atoms with van der Waals surface area (Å²) in [5, 5.41) is 0. The lowest BCUT2D eigenvalue weighted by Crippen LogP contribution is -2.20. The molecule has 0 unspecified atom stereocenters. The van der Waals surface area contributed by atoms with E-state index in [1.165, 1.54) is 12.8 Å². The molecule has 22 heavy (non-hydrogen) atoms. The van der Waals surface area contributed by atoms with Gasteiger partial charge in [0, 0.05) is 23.1 Å². The normalized spacial score (nSPS) is 14.7. The van der Waals surface area contributed by atoms with Crippen molar-refractivity contribution in [3.05, 3.63) is 53.0 Å². The van der Waals surface area contributed by atoms with Crippen LogP contribution >= 0.6 is 15.9 Å². The maximum atomic E-state index is 4.91. The summed E-state index contributed by atoms with van der Waals surface area (Å²) in [4.78, 5) is 12.2. The second kappa shape index (κ2) is 5.69. The number of anilines is 1. The fourth-order valence-corrected chi connectivity index (χ4v) is 3.21. The number of rotatable bonds is 2. The number of benzene rings is 2. The summed E-state index contributed by atoms with van der Waals surface area (Å²) in [7, 11) is 0. The number of halogens is 1. The van der Waals surface area contributed by atoms with Gasteiger partial charge in [-0.2, -0.15) is 0 Å². The first-order valence-corrected chi connectivity index (χ1v) is 8.38. The van der Waals surface area contributed by atoms with Crippen molar-refractivity contribution in [2.75, 3.05) is 18.0 Å². The molecule has 1 aliphatic rings. The van der Waals surface area contributed by atoms with Crippen LogP contribution in [0.4, 0.5) is 5.82 Å². The Bertz CT molecular complexity index is 808. The summed E-state index contributed by atoms with van der Waals surface area (Å²) in [6, 6.07) is 16.4. The topological polar surface area (TPSA) is 29.0 Å². The largest absolute Gasteiger partial charge is 0.355 e. The van der Waals surface area contributed by atoms with Gasteiger partial charge in [-0.15, -0.1) is 0 Å². The molecule has 0 radical (unpaired) electrons. The van der Waals surface area contributed by atoms with Crippen LogP contribution in [-0.4, -0.2) is 23.1 Å². The number of hydrogen-bond donors (Lipinski definition) is 0. The molecule has 1 saturated heterocycles. The number of aromatic nitrogens is 2. The van der Waals surface area contributed by atoms with Gasteiger partial charge >= 0.3 is 0 Å². The first-order valence-electron chi connectivity index (χ1n) is 7.59. The molecule has 0 spiro atoms. The van der Waals surface area contributed by atoms with Gasteiger partial charge in [0.25, 0.3) is 0 Å². The predicted octanol–water partition coefficient (Wildman–Crippen LogP) is 4.66. The molecule has 4 rings (SSSR count). The molecule has 2 heterocycles. The van der Waals surface area contributed by atoms with Crippen LogP contribution in [0.2, 0.25) is 0 Å². The minimum Gasteiger partial charge on any atom is -0.355 e. The lowest BCUT2D eigenvalue weighted by Gasteiger charge is -2.20. The summed E-state index contributed by atoms with van der Waals surface area (Å²) in [6.45, 7) is 2.13. The molecule has 1 aromatic heterocycles. The number of fused-ring (bicyclic) bond motifs is 1. The standard InChI is InChI=1S/C18H16BrN3/c19-14-9-7-13(8-10-14)17-18(22-11-3-4-12-22)21-16-6-2-1-5-15(16)20-17/h1-2,5-10H,3-4,11-12H2. The molecule has 1 fully saturated rings. The lowest BCUT2D eigenvalue weighted by molar-refractivity contribution is 0.939. The Morgan fingerprint density at radius 1 is 0.818 bits per heavy atom. The van der Waals surface area contributed by atoms with Crippen molar-refractivity contribution in [2.45, 2.75) is 12.8 Å². The summed E-state index contributed by atoms with van der Waals surface area (Å²) >= 11 is 3.50. The molecule has 0 bridgehead atoms. The van der Waals surface area contributed by atoms with Crippen LogP contribution in [0, 0.1) is 0 Å². The zero-order valence-corrected chi connectivity index (χ0v) is 13.8. The first-order chi connectivity index (χ1) is 10.8. The van der Waals surface area contributed by atoms with Gasteiger partial charge in [-0.25, -0.2) is 9.97 Å². The van der Waals surface area contributed by atoms with E-state index in [1.54, 1.807) is 0 Å². The highest BCUT2D eigenvalue weighted by Crippen LogP contribution is 2.32. The van der Waals surface area contributed by atoms with Gasteiger partial charge in [-0.3, -0.25) is 0 Å². The van der Waals surface area contributed by atoms with Gasteiger partial charge in [0.15, 0.2) is 5.82 Å². The smallest absolute Gasteiger partial charge is 0.155 e. The van der Waals surface area contributed by atoms with Gasteiger partial charge in [0.05, 0.1) is 11.0 Å². The van der Waals surface area contributed by atoms with E-state index in [0.717, 1.165) is 45.7 Å². The van der Waals surface area contributed by atoms with E-state index in [4.69, 9.17) is 9.97 Å². The van der Waals surface area contributed by atoms with Crippen LogP contribution in [-0.2, 0) is 0 Å². The molecule has 3 nitrogen and oxygen atoms in total. The summed E-state index contributed by atoms with van der Waals surface area (Å²) in [5.74, 6) is 1.01. The summed E-state index contributed by atoms with van der Waals surface area (Å²) in [6.07, 6.45) is 2.46. The minimum atomic E-state index is 0.948. The Morgan fingerprint density at radius 2 is 1.45 bits per heavy atom. The predicted molar refractivity (Wildman–Crippen MR) is 94.1 cm³/mol. The fraction of sp³-hybridized carbons (Fsp3) is 0.222. The zero-order valence-electron chi connectivity index (χ0n) is 12.2. The Morgan fingerprint density at radius 3 is 2.14 bits per heavy atom. The molecular weight excluding hydrogens is 338 g/mol. The lowest BCUT2D eigenvalue weighted by atomic mass is 10.1. The van der Waals surface area contributed by atoms with Gasteiger partial charge in [-0.05, 0) is 37.1 Å². The molecule has 3 aromatic rings. The second-order valence-electron chi connectivity index (χ2n) is 5.59. The van der Waals surface area contributed by atoms with Gasteiger partial charge < -0.3 is 4.90 Å². The first kappa shape index (κ1) is 13.7. The van der Waals surface area contributed by atoms with Crippen LogP contribution in [0.15, 0.2) is 53.0 Å². The van der Waals surface area contributed by atoms with Crippen LogP contribution < -0.4 is 4.90 Å². The van der Waals surface area contributed by atoms with Gasteiger partial charge in [0.2, 0.25) is 0 Å². The van der Waals surface area contributed by atoms with E-state index >= 15 is 0 Å². The van der Waals surface area contributed by atoms with E-state index in [2.05, 4.69) is 45.1 Å². The maximum Gasteiger partial charge on any atom is 0.155 e. The minimum absolute atomic E-state index is 0.948. The molecule has 2 aromatic carbocycles. The van der Waals surface area contributed by atoms with Crippen molar-refractivity contribution in [1.29, 1.82) is 0 Å². The number of para-hydroxylation sites is 2. The Labute approximate surface area is 138 Å². The van der Waals surface area contributed by atoms with E-state index in [-0.39, 0.29) is 0 Å². The third-order valence-electron chi connectivity index (χ3n) is 4.08. The third kappa shape index (κ3) is 2.48. The van der Waals surface area contributed by atoms with E-state index < -0.39 is 0 Å². The van der Waals surface area contributed by atoms with Crippen molar-refractivity contribution in [2.24, 2.45) is 0 Å². The molecule has 1 aliphatic heterocycles. The molecule has 0 atom stereocenters. The Kier molecular flexibility index (Phi) is 3.54. The zero-order chi connectivity index (χ0) is 14.9. The van der Waals surface area contributed by atoms with Crippen molar-refractivity contribution >= 4 is 32.8 Å². The average molecular weight is 354 g/mol. The van der Waals surface area contributed by atoms with Crippen LogP contribution in [0.3, 0.4) is 0 Å². The molecule has 0 saturated carbocycles. The van der Waals surface area contributed by atoms with Crippen molar-refractivity contribution in [1.82, 2.24) is 9.97 Å². The van der Waals surface area contributed by atoms with Crippen molar-refractivity contribution < 1.29 is 0 Å². The molecule has 0 N–H and O–H groups in total. The monoisotopic (exact) mass is 353 g/mol. The number of nitrogens with zero attached hydrogens (tertiary/aromatic N) is 3. The third-order valence-corrected chi connectivity index (χ3v) is 4.60. The van der Waals surface area contributed by atoms with Crippen molar-refractivity contribution in [3.63, 3.8) is 0 Å². The molecule has 4 heteroatoms. The summed E-state index contributed by atoms with van der Waals surface area (Å²) in [5.41, 5.74) is 4.00. The van der Waals surface area contributed by atoms with E-state index in [9.17, 15) is 0 Å². The molecule has 110 valence electrons. The molecule has 0 aliphatic carbocycles. The quantitative estimate of drug-likeness (QED) is 0.670. The Balaban J connectivity index is 1.93. The highest BCUT2D eigenvalue weighted by Gasteiger charge is 2.20. The highest BCUT2D eigenvalue weighted by molar-refractivity contribution is 9.10. The van der Waals surface area contributed by atoms with E-state index in [0.29, 0.717) is 0 Å². The van der Waals surface area contributed by atoms with Gasteiger partial charge in [0.1, 0.15) is 5.69 Å². The highest BCUT2D eigenvalue weighted by atomic mass is 79.9. The summed E-state index contributed by atoms with van der Waals surface area (Å²) < 4.78 is 1.08. The van der Waals surface area contributed by atoms with Crippen molar-refractivity contribution in [3.8, 4) is 11.3 Å². The van der Waals surface area contributed by atoms with Crippen LogP contribution in [0.5, 0.6) is 0 Å². The second-order valence-corrected chi connectivity index (χ2v) is 6.50. The van der Waals surface area contributed by atoms with Crippen LogP contribution in [0.1, 0.15) is 12.8 Å². The SMILES string of the molecule is Brc1ccc(-c2nc3ccccc3nc2N2CCCC2)cc1. The number of hydrogen-bond acceptors (Lipinski definition) is 3. The van der Waals surface area contributed by atoms with Gasteiger partial charge in [-0.1, -0.05) is 40.2 Å².